The molecule has 0 unspecified atom stereocenters. The lowest BCUT2D eigenvalue weighted by Gasteiger charge is -2.24. The van der Waals surface area contributed by atoms with Crippen molar-refractivity contribution in [2.45, 2.75) is 4.90 Å². The molecule has 0 spiro atoms. The largest absolute Gasteiger partial charge is 0.351 e. The zero-order valence-corrected chi connectivity index (χ0v) is 15.4. The molecule has 0 aliphatic rings. The number of carbonyl (C=O) groups excluding carboxylic acids is 1. The van der Waals surface area contributed by atoms with Crippen molar-refractivity contribution in [3.05, 3.63) is 84.4 Å². The molecule has 2 amide bonds. The number of primary amides is 1. The van der Waals surface area contributed by atoms with Gasteiger partial charge in [0, 0.05) is 0 Å². The number of hydrogen-bond donors (Lipinski definition) is 2. The first-order valence-corrected chi connectivity index (χ1v) is 9.67. The van der Waals surface area contributed by atoms with Crippen LogP contribution in [0.25, 0.3) is 0 Å². The second kappa shape index (κ2) is 7.82. The molecule has 0 bridgehead atoms. The maximum atomic E-state index is 12.8. The van der Waals surface area contributed by atoms with Crippen molar-refractivity contribution in [3.8, 4) is 6.07 Å². The number of sulfonamides is 1. The minimum atomic E-state index is -3.94. The van der Waals surface area contributed by atoms with Crippen molar-refractivity contribution in [1.82, 2.24) is 0 Å². The molecule has 3 aromatic carbocycles. The molecule has 3 aromatic rings. The van der Waals surface area contributed by atoms with Crippen molar-refractivity contribution in [2.24, 2.45) is 5.73 Å². The summed E-state index contributed by atoms with van der Waals surface area (Å²) < 4.78 is 28.0. The number of nitrogens with two attached hydrogens (primary N) is 1. The Morgan fingerprint density at radius 2 is 1.57 bits per heavy atom. The van der Waals surface area contributed by atoms with Gasteiger partial charge >= 0.3 is 6.03 Å². The summed E-state index contributed by atoms with van der Waals surface area (Å²) in [4.78, 5) is 13.4. The van der Waals surface area contributed by atoms with Gasteiger partial charge < -0.3 is 5.73 Å². The number of carbonyl (C=O) groups is 1. The van der Waals surface area contributed by atoms with Crippen molar-refractivity contribution in [1.29, 1.82) is 5.26 Å². The lowest BCUT2D eigenvalue weighted by molar-refractivity contribution is 0.256. The first kappa shape index (κ1) is 18.9. The second-order valence-corrected chi connectivity index (χ2v) is 7.45. The molecular weight excluding hydrogens is 376 g/mol. The van der Waals surface area contributed by atoms with E-state index in [1.165, 1.54) is 35.2 Å². The molecule has 0 saturated carbocycles. The van der Waals surface area contributed by atoms with Gasteiger partial charge in [-0.3, -0.25) is 9.62 Å². The van der Waals surface area contributed by atoms with E-state index in [4.69, 9.17) is 5.73 Å². The van der Waals surface area contributed by atoms with Gasteiger partial charge in [0.2, 0.25) is 0 Å². The van der Waals surface area contributed by atoms with Gasteiger partial charge in [-0.1, -0.05) is 36.4 Å². The minimum Gasteiger partial charge on any atom is -0.351 e. The van der Waals surface area contributed by atoms with Crippen LogP contribution in [0.1, 0.15) is 5.56 Å². The highest BCUT2D eigenvalue weighted by Gasteiger charge is 2.22. The van der Waals surface area contributed by atoms with Gasteiger partial charge in [0.15, 0.2) is 0 Å². The number of nitrogens with zero attached hydrogens (tertiary/aromatic N) is 2. The Morgan fingerprint density at radius 1 is 0.964 bits per heavy atom. The molecule has 0 radical (unpaired) electrons. The smallest absolute Gasteiger partial charge is 0.323 e. The van der Waals surface area contributed by atoms with Gasteiger partial charge in [-0.05, 0) is 42.5 Å². The maximum Gasteiger partial charge on any atom is 0.323 e. The molecule has 0 saturated heterocycles. The number of rotatable bonds is 5. The molecule has 0 aliphatic carbocycles. The van der Waals surface area contributed by atoms with E-state index in [2.05, 4.69) is 4.72 Å². The van der Waals surface area contributed by atoms with Gasteiger partial charge in [0.1, 0.15) is 0 Å². The fraction of sp³-hybridized carbons (Fsp3) is 0. The second-order valence-electron chi connectivity index (χ2n) is 5.77. The molecule has 0 aromatic heterocycles. The zero-order chi connectivity index (χ0) is 20.1. The lowest BCUT2D eigenvalue weighted by Crippen LogP contribution is -2.32. The Labute approximate surface area is 162 Å². The van der Waals surface area contributed by atoms with Crippen LogP contribution < -0.4 is 15.4 Å². The first-order chi connectivity index (χ1) is 13.4. The summed E-state index contributed by atoms with van der Waals surface area (Å²) in [5, 5.41) is 9.20. The van der Waals surface area contributed by atoms with E-state index < -0.39 is 16.1 Å². The third kappa shape index (κ3) is 3.95. The van der Waals surface area contributed by atoms with Crippen LogP contribution in [0.4, 0.5) is 21.9 Å². The summed E-state index contributed by atoms with van der Waals surface area (Å²) >= 11 is 0. The zero-order valence-electron chi connectivity index (χ0n) is 14.6. The quantitative estimate of drug-likeness (QED) is 0.690. The lowest BCUT2D eigenvalue weighted by atomic mass is 10.1. The third-order valence-electron chi connectivity index (χ3n) is 3.90. The highest BCUT2D eigenvalue weighted by atomic mass is 32.2. The molecule has 28 heavy (non-hydrogen) atoms. The van der Waals surface area contributed by atoms with Gasteiger partial charge in [-0.15, -0.1) is 0 Å². The van der Waals surface area contributed by atoms with E-state index in [1.54, 1.807) is 48.5 Å². The van der Waals surface area contributed by atoms with Crippen LogP contribution in [-0.2, 0) is 10.0 Å². The van der Waals surface area contributed by atoms with E-state index in [1.807, 2.05) is 6.07 Å². The molecular formula is C20H16N4O3S. The third-order valence-corrected chi connectivity index (χ3v) is 5.28. The van der Waals surface area contributed by atoms with E-state index >= 15 is 0 Å². The van der Waals surface area contributed by atoms with Crippen molar-refractivity contribution < 1.29 is 13.2 Å². The predicted molar refractivity (Wildman–Crippen MR) is 107 cm³/mol. The van der Waals surface area contributed by atoms with E-state index in [0.717, 1.165) is 0 Å². The van der Waals surface area contributed by atoms with Gasteiger partial charge in [-0.25, -0.2) is 13.2 Å². The number of hydrogen-bond acceptors (Lipinski definition) is 4. The van der Waals surface area contributed by atoms with E-state index in [-0.39, 0.29) is 21.8 Å². The van der Waals surface area contributed by atoms with Gasteiger partial charge in [-0.2, -0.15) is 5.26 Å². The van der Waals surface area contributed by atoms with Crippen molar-refractivity contribution in [3.63, 3.8) is 0 Å². The molecule has 0 atom stereocenters. The minimum absolute atomic E-state index is 0.0497. The Kier molecular flexibility index (Phi) is 5.29. The van der Waals surface area contributed by atoms with Gasteiger partial charge in [0.05, 0.1) is 33.6 Å². The molecule has 0 aliphatic heterocycles. The number of urea groups is 1. The monoisotopic (exact) mass is 392 g/mol. The summed E-state index contributed by atoms with van der Waals surface area (Å²) in [6.45, 7) is 0. The summed E-state index contributed by atoms with van der Waals surface area (Å²) in [5.41, 5.74) is 6.51. The SMILES string of the molecule is N#Cc1ccc(N(C(N)=O)c2ccccc2)c(NS(=O)(=O)c2ccccc2)c1. The fourth-order valence-corrected chi connectivity index (χ4v) is 3.73. The molecule has 7 nitrogen and oxygen atoms in total. The molecule has 8 heteroatoms. The summed E-state index contributed by atoms with van der Waals surface area (Å²) in [7, 11) is -3.94. The summed E-state index contributed by atoms with van der Waals surface area (Å²) in [6.07, 6.45) is 0. The average Bonchev–Trinajstić information content (AvgIpc) is 2.70. The number of nitrogens with one attached hydrogen (secondary N) is 1. The van der Waals surface area contributed by atoms with Crippen LogP contribution in [0.5, 0.6) is 0 Å². The van der Waals surface area contributed by atoms with E-state index in [0.29, 0.717) is 5.69 Å². The van der Waals surface area contributed by atoms with Crippen LogP contribution in [0.2, 0.25) is 0 Å². The highest BCUT2D eigenvalue weighted by molar-refractivity contribution is 7.92. The summed E-state index contributed by atoms with van der Waals surface area (Å²) in [6, 6.07) is 21.8. The Morgan fingerprint density at radius 3 is 2.14 bits per heavy atom. The first-order valence-electron chi connectivity index (χ1n) is 8.19. The number of benzene rings is 3. The van der Waals surface area contributed by atoms with Crippen LogP contribution >= 0.6 is 0 Å². The number of nitriles is 1. The number of anilines is 3. The van der Waals surface area contributed by atoms with Crippen LogP contribution in [0, 0.1) is 11.3 Å². The standard InChI is InChI=1S/C20H16N4O3S/c21-14-15-11-12-19(24(20(22)25)16-7-3-1-4-8-16)18(13-15)23-28(26,27)17-9-5-2-6-10-17/h1-13,23H,(H2,22,25). The highest BCUT2D eigenvalue weighted by Crippen LogP contribution is 2.34. The van der Waals surface area contributed by atoms with Crippen LogP contribution in [0.15, 0.2) is 83.8 Å². The topological polar surface area (TPSA) is 116 Å². The summed E-state index contributed by atoms with van der Waals surface area (Å²) in [5.74, 6) is 0. The Bertz CT molecular complexity index is 1140. The Balaban J connectivity index is 2.13. The molecule has 140 valence electrons. The van der Waals surface area contributed by atoms with Crippen molar-refractivity contribution in [2.75, 3.05) is 9.62 Å². The van der Waals surface area contributed by atoms with Crippen molar-refractivity contribution >= 4 is 33.1 Å². The van der Waals surface area contributed by atoms with Crippen LogP contribution in [0.3, 0.4) is 0 Å². The Hall–Kier alpha value is -3.83. The fourth-order valence-electron chi connectivity index (χ4n) is 2.65. The molecule has 3 rings (SSSR count). The number of para-hydroxylation sites is 1. The van der Waals surface area contributed by atoms with Gasteiger partial charge in [0.25, 0.3) is 10.0 Å². The predicted octanol–water partition coefficient (Wildman–Crippen LogP) is 3.58. The molecule has 3 N–H and O–H groups in total. The number of amides is 2. The average molecular weight is 392 g/mol. The van der Waals surface area contributed by atoms with Crippen LogP contribution in [-0.4, -0.2) is 14.4 Å². The molecule has 0 fully saturated rings. The maximum absolute atomic E-state index is 12.8. The normalized spacial score (nSPS) is 10.7. The van der Waals surface area contributed by atoms with E-state index in [9.17, 15) is 18.5 Å². The molecule has 0 heterocycles.